The molecule has 2 rings (SSSR count). The van der Waals surface area contributed by atoms with Crippen molar-refractivity contribution in [2.45, 2.75) is 26.3 Å². The molecule has 0 aromatic rings. The summed E-state index contributed by atoms with van der Waals surface area (Å²) in [5, 5.41) is 6.64. The van der Waals surface area contributed by atoms with E-state index in [1.807, 2.05) is 0 Å². The van der Waals surface area contributed by atoms with Gasteiger partial charge in [0.25, 0.3) is 0 Å². The van der Waals surface area contributed by atoms with Crippen molar-refractivity contribution in [2.24, 2.45) is 10.9 Å². The number of likely N-dealkylation sites (tertiary alicyclic amines) is 1. The van der Waals surface area contributed by atoms with Gasteiger partial charge in [-0.1, -0.05) is 0 Å². The minimum atomic E-state index is 0.692. The number of rotatable bonds is 3. The maximum Gasteiger partial charge on any atom is 0.191 e. The molecule has 0 saturated carbocycles. The van der Waals surface area contributed by atoms with Gasteiger partial charge < -0.3 is 15.5 Å². The Labute approximate surface area is 92.1 Å². The molecule has 0 aromatic carbocycles. The van der Waals surface area contributed by atoms with E-state index < -0.39 is 0 Å². The topological polar surface area (TPSA) is 39.7 Å². The van der Waals surface area contributed by atoms with Gasteiger partial charge in [0.05, 0.1) is 6.54 Å². The average Bonchev–Trinajstić information content (AvgIpc) is 2.86. The quantitative estimate of drug-likeness (QED) is 0.702. The summed E-state index contributed by atoms with van der Waals surface area (Å²) in [6.45, 7) is 10.0. The molecule has 0 amide bonds. The first-order valence-corrected chi connectivity index (χ1v) is 6.02. The molecule has 1 saturated heterocycles. The second kappa shape index (κ2) is 4.84. The molecule has 15 heavy (non-hydrogen) atoms. The van der Waals surface area contributed by atoms with Crippen LogP contribution in [0.1, 0.15) is 20.3 Å². The highest BCUT2D eigenvalue weighted by molar-refractivity contribution is 5.81. The Hall–Kier alpha value is -0.770. The van der Waals surface area contributed by atoms with Gasteiger partial charge in [0.2, 0.25) is 0 Å². The molecular formula is C11H22N4. The lowest BCUT2D eigenvalue weighted by Gasteiger charge is -2.20. The third kappa shape index (κ3) is 2.84. The van der Waals surface area contributed by atoms with Crippen LogP contribution in [0.15, 0.2) is 4.99 Å². The van der Waals surface area contributed by atoms with Gasteiger partial charge in [-0.3, -0.25) is 4.99 Å². The Balaban J connectivity index is 1.68. The monoisotopic (exact) mass is 210 g/mol. The number of hydrogen-bond donors (Lipinski definition) is 2. The van der Waals surface area contributed by atoms with Crippen molar-refractivity contribution in [1.82, 2.24) is 15.5 Å². The predicted molar refractivity (Wildman–Crippen MR) is 63.1 cm³/mol. The van der Waals surface area contributed by atoms with E-state index in [1.165, 1.54) is 19.5 Å². The standard InChI is InChI=1S/C11H22N4/c1-9(2)15-6-3-10(8-15)7-14-11-12-4-5-13-11/h9-10H,3-8H2,1-2H3,(H2,12,13,14). The molecule has 0 radical (unpaired) electrons. The minimum absolute atomic E-state index is 0.692. The van der Waals surface area contributed by atoms with Crippen LogP contribution < -0.4 is 10.6 Å². The van der Waals surface area contributed by atoms with Crippen LogP contribution in [0.4, 0.5) is 0 Å². The van der Waals surface area contributed by atoms with E-state index in [4.69, 9.17) is 0 Å². The minimum Gasteiger partial charge on any atom is -0.356 e. The summed E-state index contributed by atoms with van der Waals surface area (Å²) in [5.74, 6) is 1.79. The lowest BCUT2D eigenvalue weighted by atomic mass is 10.1. The maximum absolute atomic E-state index is 4.33. The summed E-state index contributed by atoms with van der Waals surface area (Å²) >= 11 is 0. The summed E-state index contributed by atoms with van der Waals surface area (Å²) in [5.41, 5.74) is 0. The Bertz CT molecular complexity index is 237. The lowest BCUT2D eigenvalue weighted by molar-refractivity contribution is 0.265. The van der Waals surface area contributed by atoms with Crippen molar-refractivity contribution in [3.63, 3.8) is 0 Å². The van der Waals surface area contributed by atoms with Gasteiger partial charge in [-0.05, 0) is 32.7 Å². The molecule has 4 nitrogen and oxygen atoms in total. The third-order valence-corrected chi connectivity index (χ3v) is 3.28. The van der Waals surface area contributed by atoms with E-state index >= 15 is 0 Å². The van der Waals surface area contributed by atoms with Crippen LogP contribution in [0.2, 0.25) is 0 Å². The van der Waals surface area contributed by atoms with Crippen LogP contribution in [-0.2, 0) is 0 Å². The fourth-order valence-electron chi connectivity index (χ4n) is 2.26. The molecular weight excluding hydrogens is 188 g/mol. The molecule has 1 atom stereocenters. The Morgan fingerprint density at radius 2 is 2.47 bits per heavy atom. The first-order chi connectivity index (χ1) is 7.25. The number of guanidine groups is 1. The van der Waals surface area contributed by atoms with E-state index in [1.54, 1.807) is 0 Å². The Kier molecular flexibility index (Phi) is 3.46. The van der Waals surface area contributed by atoms with Crippen molar-refractivity contribution in [3.8, 4) is 0 Å². The zero-order valence-electron chi connectivity index (χ0n) is 9.79. The summed E-state index contributed by atoms with van der Waals surface area (Å²) < 4.78 is 0. The van der Waals surface area contributed by atoms with E-state index in [2.05, 4.69) is 34.4 Å². The van der Waals surface area contributed by atoms with E-state index in [-0.39, 0.29) is 0 Å². The fraction of sp³-hybridized carbons (Fsp3) is 0.909. The van der Waals surface area contributed by atoms with Gasteiger partial charge in [0.15, 0.2) is 5.96 Å². The molecule has 0 spiro atoms. The zero-order valence-corrected chi connectivity index (χ0v) is 9.79. The van der Waals surface area contributed by atoms with Gasteiger partial charge in [0, 0.05) is 25.7 Å². The zero-order chi connectivity index (χ0) is 10.7. The summed E-state index contributed by atoms with van der Waals surface area (Å²) in [4.78, 5) is 6.88. The van der Waals surface area contributed by atoms with Crippen LogP contribution in [0.3, 0.4) is 0 Å². The molecule has 2 aliphatic rings. The highest BCUT2D eigenvalue weighted by Gasteiger charge is 2.24. The lowest BCUT2D eigenvalue weighted by Crippen LogP contribution is -2.38. The molecule has 2 N–H and O–H groups in total. The largest absolute Gasteiger partial charge is 0.356 e. The average molecular weight is 210 g/mol. The molecule has 1 unspecified atom stereocenters. The molecule has 4 heteroatoms. The molecule has 1 fully saturated rings. The van der Waals surface area contributed by atoms with Crippen LogP contribution in [-0.4, -0.2) is 49.6 Å². The van der Waals surface area contributed by atoms with Crippen LogP contribution >= 0.6 is 0 Å². The van der Waals surface area contributed by atoms with Crippen molar-refractivity contribution in [1.29, 1.82) is 0 Å². The highest BCUT2D eigenvalue weighted by atomic mass is 15.2. The van der Waals surface area contributed by atoms with Crippen LogP contribution in [0, 0.1) is 5.92 Å². The molecule has 0 aliphatic carbocycles. The van der Waals surface area contributed by atoms with Crippen molar-refractivity contribution in [2.75, 3.05) is 32.7 Å². The maximum atomic E-state index is 4.33. The van der Waals surface area contributed by atoms with Crippen LogP contribution in [0.25, 0.3) is 0 Å². The van der Waals surface area contributed by atoms with Crippen molar-refractivity contribution in [3.05, 3.63) is 0 Å². The molecule has 2 aliphatic heterocycles. The normalized spacial score (nSPS) is 26.9. The fourth-order valence-corrected chi connectivity index (χ4v) is 2.26. The summed E-state index contributed by atoms with van der Waals surface area (Å²) in [7, 11) is 0. The van der Waals surface area contributed by atoms with E-state index in [9.17, 15) is 0 Å². The van der Waals surface area contributed by atoms with Gasteiger partial charge in [0.1, 0.15) is 0 Å². The smallest absolute Gasteiger partial charge is 0.191 e. The van der Waals surface area contributed by atoms with Gasteiger partial charge >= 0.3 is 0 Å². The second-order valence-electron chi connectivity index (χ2n) is 4.78. The number of nitrogens with one attached hydrogen (secondary N) is 2. The third-order valence-electron chi connectivity index (χ3n) is 3.28. The first-order valence-electron chi connectivity index (χ1n) is 6.02. The number of hydrogen-bond acceptors (Lipinski definition) is 4. The highest BCUT2D eigenvalue weighted by Crippen LogP contribution is 2.17. The SMILES string of the molecule is CC(C)N1CCC(CNC2=NCCN2)C1. The predicted octanol–water partition coefficient (Wildman–Crippen LogP) is 0.266. The Morgan fingerprint density at radius 1 is 1.60 bits per heavy atom. The molecule has 0 bridgehead atoms. The summed E-state index contributed by atoms with van der Waals surface area (Å²) in [6.07, 6.45) is 1.32. The molecule has 0 aromatic heterocycles. The van der Waals surface area contributed by atoms with Crippen molar-refractivity contribution < 1.29 is 0 Å². The van der Waals surface area contributed by atoms with Gasteiger partial charge in [-0.25, -0.2) is 0 Å². The summed E-state index contributed by atoms with van der Waals surface area (Å²) in [6, 6.07) is 0.692. The van der Waals surface area contributed by atoms with Gasteiger partial charge in [-0.2, -0.15) is 0 Å². The van der Waals surface area contributed by atoms with Crippen LogP contribution in [0.5, 0.6) is 0 Å². The second-order valence-corrected chi connectivity index (χ2v) is 4.78. The molecule has 2 heterocycles. The van der Waals surface area contributed by atoms with E-state index in [0.717, 1.165) is 31.5 Å². The molecule has 86 valence electrons. The number of aliphatic imine (C=N–C) groups is 1. The van der Waals surface area contributed by atoms with Gasteiger partial charge in [-0.15, -0.1) is 0 Å². The van der Waals surface area contributed by atoms with Crippen molar-refractivity contribution >= 4 is 5.96 Å². The first kappa shape index (κ1) is 10.7. The van der Waals surface area contributed by atoms with E-state index in [0.29, 0.717) is 6.04 Å². The Morgan fingerprint density at radius 3 is 3.07 bits per heavy atom. The number of nitrogens with zero attached hydrogens (tertiary/aromatic N) is 2.